The summed E-state index contributed by atoms with van der Waals surface area (Å²) in [5.74, 6) is -4.58. The molecule has 1 aliphatic rings. The van der Waals surface area contributed by atoms with Crippen molar-refractivity contribution in [2.75, 3.05) is 5.75 Å². The van der Waals surface area contributed by atoms with Crippen molar-refractivity contribution in [1.82, 2.24) is 0 Å². The van der Waals surface area contributed by atoms with Crippen LogP contribution in [0.25, 0.3) is 0 Å². The second kappa shape index (κ2) is 1.99. The molecule has 1 rings (SSSR count). The molecule has 10 heavy (non-hydrogen) atoms. The third-order valence-corrected chi connectivity index (χ3v) is 2.08. The number of rotatable bonds is 1. The molecule has 0 saturated carbocycles. The number of thioether (sulfide) groups is 1. The van der Waals surface area contributed by atoms with Crippen molar-refractivity contribution < 1.29 is 22.0 Å². The van der Waals surface area contributed by atoms with Gasteiger partial charge in [0.25, 0.3) is 0 Å². The van der Waals surface area contributed by atoms with E-state index in [0.29, 0.717) is 11.8 Å². The highest BCUT2D eigenvalue weighted by Gasteiger charge is 2.66. The monoisotopic (exact) mass is 178 g/mol. The normalized spacial score (nSPS) is 26.7. The van der Waals surface area contributed by atoms with Crippen molar-refractivity contribution in [3.63, 3.8) is 0 Å². The largest absolute Gasteiger partial charge is 0.454 e. The van der Waals surface area contributed by atoms with Crippen LogP contribution in [0.2, 0.25) is 0 Å². The summed E-state index contributed by atoms with van der Waals surface area (Å²) in [7, 11) is 0. The summed E-state index contributed by atoms with van der Waals surface area (Å²) in [6, 6.07) is 0. The van der Waals surface area contributed by atoms with Crippen molar-refractivity contribution in [1.29, 1.82) is 0 Å². The quantitative estimate of drug-likeness (QED) is 0.438. The molecule has 0 aromatic carbocycles. The van der Waals surface area contributed by atoms with Crippen LogP contribution in [-0.2, 0) is 0 Å². The lowest BCUT2D eigenvalue weighted by Gasteiger charge is -2.17. The molecule has 0 nitrogen and oxygen atoms in total. The highest BCUT2D eigenvalue weighted by Crippen LogP contribution is 2.50. The van der Waals surface area contributed by atoms with E-state index in [1.807, 2.05) is 0 Å². The van der Waals surface area contributed by atoms with Gasteiger partial charge in [-0.1, -0.05) is 0 Å². The van der Waals surface area contributed by atoms with Crippen LogP contribution >= 0.6 is 11.8 Å². The average molecular weight is 178 g/mol. The molecular weight excluding hydrogens is 175 g/mol. The molecule has 0 aliphatic carbocycles. The maximum Gasteiger partial charge on any atom is 0.454 e. The molecule has 1 aliphatic heterocycles. The van der Waals surface area contributed by atoms with Gasteiger partial charge in [-0.2, -0.15) is 22.0 Å². The molecule has 0 radical (unpaired) electrons. The molecule has 1 unspecified atom stereocenters. The van der Waals surface area contributed by atoms with Crippen LogP contribution in [0.1, 0.15) is 0 Å². The van der Waals surface area contributed by atoms with E-state index < -0.39 is 17.3 Å². The van der Waals surface area contributed by atoms with Crippen molar-refractivity contribution >= 4 is 11.8 Å². The third kappa shape index (κ3) is 1.21. The van der Waals surface area contributed by atoms with Gasteiger partial charge in [0.05, 0.1) is 5.25 Å². The zero-order valence-corrected chi connectivity index (χ0v) is 5.40. The summed E-state index contributed by atoms with van der Waals surface area (Å²) in [5.41, 5.74) is 0. The van der Waals surface area contributed by atoms with E-state index in [4.69, 9.17) is 0 Å². The van der Waals surface area contributed by atoms with Gasteiger partial charge in [0.15, 0.2) is 0 Å². The van der Waals surface area contributed by atoms with E-state index in [9.17, 15) is 22.0 Å². The molecule has 1 heterocycles. The lowest BCUT2D eigenvalue weighted by atomic mass is 10.2. The van der Waals surface area contributed by atoms with E-state index in [1.54, 1.807) is 0 Å². The predicted molar refractivity (Wildman–Crippen MR) is 27.2 cm³/mol. The first-order chi connectivity index (χ1) is 4.36. The summed E-state index contributed by atoms with van der Waals surface area (Å²) in [4.78, 5) is 0. The first-order valence-electron chi connectivity index (χ1n) is 2.42. The lowest BCUT2D eigenvalue weighted by Crippen LogP contribution is -2.40. The number of hydrogen-bond donors (Lipinski definition) is 0. The van der Waals surface area contributed by atoms with E-state index in [2.05, 4.69) is 0 Å². The van der Waals surface area contributed by atoms with Gasteiger partial charge in [0.1, 0.15) is 0 Å². The highest BCUT2D eigenvalue weighted by molar-refractivity contribution is 8.07. The first kappa shape index (κ1) is 8.10. The van der Waals surface area contributed by atoms with Crippen LogP contribution in [0.15, 0.2) is 0 Å². The van der Waals surface area contributed by atoms with E-state index in [-0.39, 0.29) is 5.75 Å². The van der Waals surface area contributed by atoms with Crippen LogP contribution in [0.3, 0.4) is 0 Å². The number of hydrogen-bond acceptors (Lipinski definition) is 1. The molecule has 1 saturated heterocycles. The second-order valence-electron chi connectivity index (χ2n) is 1.94. The Morgan fingerprint density at radius 1 is 1.10 bits per heavy atom. The Hall–Kier alpha value is -0.0000000000000000555. The summed E-state index contributed by atoms with van der Waals surface area (Å²) in [5, 5.41) is -1.53. The fourth-order valence-electron chi connectivity index (χ4n) is 0.440. The van der Waals surface area contributed by atoms with Gasteiger partial charge in [-0.25, -0.2) is 0 Å². The molecule has 1 fully saturated rings. The standard InChI is InChI=1S/C4H3F5S/c5-3(6,2-1-10-2)4(7,8)9/h2H,1H2. The maximum absolute atomic E-state index is 12.0. The van der Waals surface area contributed by atoms with Gasteiger partial charge < -0.3 is 0 Å². The van der Waals surface area contributed by atoms with Gasteiger partial charge in [0.2, 0.25) is 0 Å². The molecule has 0 N–H and O–H groups in total. The van der Waals surface area contributed by atoms with Gasteiger partial charge in [-0.15, -0.1) is 11.8 Å². The van der Waals surface area contributed by atoms with Gasteiger partial charge >= 0.3 is 12.1 Å². The fraction of sp³-hybridized carbons (Fsp3) is 1.00. The van der Waals surface area contributed by atoms with Crippen molar-refractivity contribution in [3.8, 4) is 0 Å². The van der Waals surface area contributed by atoms with E-state index in [0.717, 1.165) is 0 Å². The Balaban J connectivity index is 2.66. The second-order valence-corrected chi connectivity index (χ2v) is 3.18. The topological polar surface area (TPSA) is 0 Å². The van der Waals surface area contributed by atoms with Crippen molar-refractivity contribution in [2.24, 2.45) is 0 Å². The summed E-state index contributed by atoms with van der Waals surface area (Å²) in [6.07, 6.45) is -5.37. The molecule has 0 spiro atoms. The molecule has 6 heteroatoms. The Bertz CT molecular complexity index is 135. The Labute approximate surface area is 57.8 Å². The van der Waals surface area contributed by atoms with E-state index >= 15 is 0 Å². The van der Waals surface area contributed by atoms with Gasteiger partial charge in [-0.3, -0.25) is 0 Å². The molecule has 1 atom stereocenters. The molecule has 60 valence electrons. The molecule has 0 aromatic rings. The van der Waals surface area contributed by atoms with Crippen molar-refractivity contribution in [3.05, 3.63) is 0 Å². The van der Waals surface area contributed by atoms with Gasteiger partial charge in [0, 0.05) is 5.75 Å². The highest BCUT2D eigenvalue weighted by atomic mass is 32.2. The zero-order valence-electron chi connectivity index (χ0n) is 4.58. The fourth-order valence-corrected chi connectivity index (χ4v) is 1.09. The van der Waals surface area contributed by atoms with Crippen LogP contribution in [-0.4, -0.2) is 23.1 Å². The smallest absolute Gasteiger partial charge is 0.195 e. The summed E-state index contributed by atoms with van der Waals surface area (Å²) < 4.78 is 58.0. The predicted octanol–water partition coefficient (Wildman–Crippen LogP) is 2.30. The minimum atomic E-state index is -5.37. The maximum atomic E-state index is 12.0. The van der Waals surface area contributed by atoms with Gasteiger partial charge in [-0.05, 0) is 0 Å². The van der Waals surface area contributed by atoms with Crippen LogP contribution in [0.4, 0.5) is 22.0 Å². The third-order valence-electron chi connectivity index (χ3n) is 1.12. The molecule has 0 aromatic heterocycles. The number of alkyl halides is 5. The lowest BCUT2D eigenvalue weighted by molar-refractivity contribution is -0.277. The molecular formula is C4H3F5S. The van der Waals surface area contributed by atoms with Crippen molar-refractivity contribution in [2.45, 2.75) is 17.3 Å². The SMILES string of the molecule is FC(F)(F)C(F)(F)C1CS1. The average Bonchev–Trinajstić information content (AvgIpc) is 2.38. The van der Waals surface area contributed by atoms with E-state index in [1.165, 1.54) is 0 Å². The molecule has 0 bridgehead atoms. The summed E-state index contributed by atoms with van der Waals surface area (Å²) in [6.45, 7) is 0. The first-order valence-corrected chi connectivity index (χ1v) is 3.46. The van der Waals surface area contributed by atoms with Crippen LogP contribution in [0.5, 0.6) is 0 Å². The Morgan fingerprint density at radius 2 is 1.50 bits per heavy atom. The minimum Gasteiger partial charge on any atom is -0.195 e. The van der Waals surface area contributed by atoms with Crippen LogP contribution in [0, 0.1) is 0 Å². The molecule has 0 amide bonds. The zero-order chi connectivity index (χ0) is 7.99. The number of halogens is 5. The minimum absolute atomic E-state index is 0.0908. The Morgan fingerprint density at radius 3 is 1.60 bits per heavy atom. The Kier molecular flexibility index (Phi) is 1.61. The van der Waals surface area contributed by atoms with Crippen LogP contribution < -0.4 is 0 Å². The summed E-state index contributed by atoms with van der Waals surface area (Å²) >= 11 is 0.632.